The van der Waals surface area contributed by atoms with Crippen molar-refractivity contribution >= 4 is 34.2 Å². The zero-order valence-electron chi connectivity index (χ0n) is 12.4. The maximum atomic E-state index is 13.4. The molecule has 3 rings (SSSR count). The predicted molar refractivity (Wildman–Crippen MR) is 97.8 cm³/mol. The van der Waals surface area contributed by atoms with Gasteiger partial charge in [0, 0.05) is 27.1 Å². The summed E-state index contributed by atoms with van der Waals surface area (Å²) >= 11 is 1.99. The van der Waals surface area contributed by atoms with E-state index in [9.17, 15) is 9.18 Å². The van der Waals surface area contributed by atoms with E-state index in [4.69, 9.17) is 4.74 Å². The van der Waals surface area contributed by atoms with Crippen LogP contribution < -0.4 is 10.1 Å². The lowest BCUT2D eigenvalue weighted by molar-refractivity contribution is 0.102. The third-order valence-corrected chi connectivity index (χ3v) is 3.70. The number of nitrogens with one attached hydrogen (secondary N) is 1. The highest BCUT2D eigenvalue weighted by Crippen LogP contribution is 2.21. The quantitative estimate of drug-likeness (QED) is 0.597. The van der Waals surface area contributed by atoms with Crippen LogP contribution in [0.2, 0.25) is 0 Å². The van der Waals surface area contributed by atoms with Crippen molar-refractivity contribution in [3.8, 4) is 11.6 Å². The minimum Gasteiger partial charge on any atom is -0.439 e. The normalized spacial score (nSPS) is 10.2. The van der Waals surface area contributed by atoms with E-state index in [1.165, 1.54) is 12.1 Å². The van der Waals surface area contributed by atoms with Crippen molar-refractivity contribution in [2.75, 3.05) is 5.32 Å². The first kappa shape index (κ1) is 16.4. The lowest BCUT2D eigenvalue weighted by atomic mass is 10.2. The summed E-state index contributed by atoms with van der Waals surface area (Å²) in [5.74, 6) is 0.192. The van der Waals surface area contributed by atoms with Crippen molar-refractivity contribution in [2.24, 2.45) is 0 Å². The maximum absolute atomic E-state index is 13.4. The second-order valence-corrected chi connectivity index (χ2v) is 6.16. The molecule has 120 valence electrons. The van der Waals surface area contributed by atoms with Gasteiger partial charge in [-0.25, -0.2) is 9.37 Å². The molecule has 0 unspecified atom stereocenters. The molecule has 0 aliphatic heterocycles. The highest BCUT2D eigenvalue weighted by Gasteiger charge is 2.09. The predicted octanol–water partition coefficient (Wildman–Crippen LogP) is 4.87. The first-order valence-corrected chi connectivity index (χ1v) is 8.14. The molecule has 1 amide bonds. The zero-order chi connectivity index (χ0) is 16.9. The van der Waals surface area contributed by atoms with Crippen molar-refractivity contribution < 1.29 is 13.9 Å². The molecule has 1 aromatic heterocycles. The van der Waals surface area contributed by atoms with Crippen LogP contribution in [-0.2, 0) is 0 Å². The van der Waals surface area contributed by atoms with Crippen LogP contribution in [0, 0.1) is 9.39 Å². The molecule has 1 heterocycles. The number of carbonyl (C=O) groups excluding carboxylic acids is 1. The van der Waals surface area contributed by atoms with Gasteiger partial charge < -0.3 is 10.1 Å². The van der Waals surface area contributed by atoms with Gasteiger partial charge in [-0.3, -0.25) is 4.79 Å². The first-order valence-electron chi connectivity index (χ1n) is 7.06. The van der Waals surface area contributed by atoms with Gasteiger partial charge in [0.2, 0.25) is 5.88 Å². The minimum absolute atomic E-state index is 0.345. The van der Waals surface area contributed by atoms with E-state index in [2.05, 4.69) is 10.3 Å². The number of hydrogen-bond acceptors (Lipinski definition) is 3. The van der Waals surface area contributed by atoms with Gasteiger partial charge in [0.1, 0.15) is 11.6 Å². The van der Waals surface area contributed by atoms with Crippen LogP contribution in [0.15, 0.2) is 66.9 Å². The van der Waals surface area contributed by atoms with Crippen molar-refractivity contribution in [1.82, 2.24) is 4.98 Å². The number of pyridine rings is 1. The number of aromatic nitrogens is 1. The van der Waals surface area contributed by atoms with Crippen LogP contribution >= 0.6 is 22.6 Å². The summed E-state index contributed by atoms with van der Waals surface area (Å²) in [4.78, 5) is 16.4. The van der Waals surface area contributed by atoms with E-state index in [-0.39, 0.29) is 5.91 Å². The largest absolute Gasteiger partial charge is 0.439 e. The van der Waals surface area contributed by atoms with Gasteiger partial charge in [0.25, 0.3) is 5.91 Å². The number of ether oxygens (including phenoxy) is 1. The number of anilines is 1. The molecule has 0 saturated heterocycles. The Labute approximate surface area is 151 Å². The van der Waals surface area contributed by atoms with Gasteiger partial charge in [0.15, 0.2) is 0 Å². The molecule has 0 spiro atoms. The van der Waals surface area contributed by atoms with Gasteiger partial charge in [-0.05, 0) is 65.1 Å². The van der Waals surface area contributed by atoms with Crippen molar-refractivity contribution in [3.63, 3.8) is 0 Å². The Morgan fingerprint density at radius 1 is 1.08 bits per heavy atom. The fourth-order valence-electron chi connectivity index (χ4n) is 2.06. The summed E-state index contributed by atoms with van der Waals surface area (Å²) in [5, 5.41) is 2.68. The number of halogens is 2. The molecule has 2 aromatic carbocycles. The first-order chi connectivity index (χ1) is 11.6. The second-order valence-electron chi connectivity index (χ2n) is 4.91. The number of rotatable bonds is 4. The fourth-order valence-corrected chi connectivity index (χ4v) is 2.69. The lowest BCUT2D eigenvalue weighted by Gasteiger charge is -2.08. The smallest absolute Gasteiger partial charge is 0.255 e. The number of benzene rings is 2. The average molecular weight is 434 g/mol. The highest BCUT2D eigenvalue weighted by atomic mass is 127. The highest BCUT2D eigenvalue weighted by molar-refractivity contribution is 14.1. The lowest BCUT2D eigenvalue weighted by Crippen LogP contribution is -2.12. The summed E-state index contributed by atoms with van der Waals surface area (Å²) in [5.41, 5.74) is 0.808. The standard InChI is InChI=1S/C18H12FIN2O2/c19-13-9-14(20)11-15(10-13)22-18(23)12-4-3-5-16(8-12)24-17-6-1-2-7-21-17/h1-11H,(H,22,23). The number of hydrogen-bond donors (Lipinski definition) is 1. The summed E-state index contributed by atoms with van der Waals surface area (Å²) in [6.07, 6.45) is 1.62. The third-order valence-electron chi connectivity index (χ3n) is 3.08. The van der Waals surface area contributed by atoms with Crippen LogP contribution in [0.4, 0.5) is 10.1 Å². The topological polar surface area (TPSA) is 51.2 Å². The molecule has 3 aromatic rings. The molecule has 0 saturated carbocycles. The molecule has 1 N–H and O–H groups in total. The van der Waals surface area contributed by atoms with Crippen molar-refractivity contribution in [1.29, 1.82) is 0 Å². The fraction of sp³-hybridized carbons (Fsp3) is 0. The van der Waals surface area contributed by atoms with Crippen LogP contribution in [-0.4, -0.2) is 10.9 Å². The molecule has 0 atom stereocenters. The average Bonchev–Trinajstić information content (AvgIpc) is 2.55. The Hall–Kier alpha value is -2.48. The van der Waals surface area contributed by atoms with E-state index in [0.717, 1.165) is 0 Å². The number of amides is 1. The van der Waals surface area contributed by atoms with E-state index in [1.54, 1.807) is 48.7 Å². The van der Waals surface area contributed by atoms with Crippen LogP contribution in [0.5, 0.6) is 11.6 Å². The summed E-state index contributed by atoms with van der Waals surface area (Å²) in [6.45, 7) is 0. The zero-order valence-corrected chi connectivity index (χ0v) is 14.5. The monoisotopic (exact) mass is 434 g/mol. The Morgan fingerprint density at radius 2 is 1.96 bits per heavy atom. The van der Waals surface area contributed by atoms with E-state index in [0.29, 0.717) is 26.5 Å². The Bertz CT molecular complexity index is 852. The second kappa shape index (κ2) is 7.39. The molecule has 0 aliphatic carbocycles. The molecule has 0 fully saturated rings. The maximum Gasteiger partial charge on any atom is 0.255 e. The molecule has 0 bridgehead atoms. The van der Waals surface area contributed by atoms with Gasteiger partial charge in [-0.2, -0.15) is 0 Å². The molecule has 0 radical (unpaired) electrons. The Morgan fingerprint density at radius 3 is 2.71 bits per heavy atom. The summed E-state index contributed by atoms with van der Waals surface area (Å²) in [6, 6.07) is 16.4. The van der Waals surface area contributed by atoms with Crippen molar-refractivity contribution in [3.05, 3.63) is 81.8 Å². The number of carbonyl (C=O) groups is 1. The van der Waals surface area contributed by atoms with Crippen LogP contribution in [0.25, 0.3) is 0 Å². The summed E-state index contributed by atoms with van der Waals surface area (Å²) in [7, 11) is 0. The van der Waals surface area contributed by atoms with E-state index in [1.807, 2.05) is 28.7 Å². The van der Waals surface area contributed by atoms with Gasteiger partial charge >= 0.3 is 0 Å². The minimum atomic E-state index is -0.399. The molecule has 24 heavy (non-hydrogen) atoms. The van der Waals surface area contributed by atoms with Gasteiger partial charge in [0.05, 0.1) is 0 Å². The number of nitrogens with zero attached hydrogens (tertiary/aromatic N) is 1. The molecule has 6 heteroatoms. The van der Waals surface area contributed by atoms with Gasteiger partial charge in [-0.1, -0.05) is 12.1 Å². The third kappa shape index (κ3) is 4.29. The molecular weight excluding hydrogens is 422 g/mol. The van der Waals surface area contributed by atoms with E-state index >= 15 is 0 Å². The summed E-state index contributed by atoms with van der Waals surface area (Å²) < 4.78 is 19.7. The van der Waals surface area contributed by atoms with Crippen LogP contribution in [0.1, 0.15) is 10.4 Å². The SMILES string of the molecule is O=C(Nc1cc(F)cc(I)c1)c1cccc(Oc2ccccn2)c1. The van der Waals surface area contributed by atoms with Gasteiger partial charge in [-0.15, -0.1) is 0 Å². The van der Waals surface area contributed by atoms with Crippen molar-refractivity contribution in [2.45, 2.75) is 0 Å². The van der Waals surface area contributed by atoms with Crippen LogP contribution in [0.3, 0.4) is 0 Å². The Kier molecular flexibility index (Phi) is 5.05. The Balaban J connectivity index is 1.76. The molecular formula is C18H12FIN2O2. The van der Waals surface area contributed by atoms with E-state index < -0.39 is 5.82 Å². The molecule has 0 aliphatic rings. The molecule has 4 nitrogen and oxygen atoms in total.